The summed E-state index contributed by atoms with van der Waals surface area (Å²) in [7, 11) is 0. The molecule has 52 heavy (non-hydrogen) atoms. The van der Waals surface area contributed by atoms with E-state index in [1.807, 2.05) is 32.0 Å². The summed E-state index contributed by atoms with van der Waals surface area (Å²) >= 11 is 0. The molecule has 0 radical (unpaired) electrons. The molecule has 1 heterocycles. The van der Waals surface area contributed by atoms with Gasteiger partial charge in [0.2, 0.25) is 0 Å². The fourth-order valence-electron chi connectivity index (χ4n) is 6.18. The smallest absolute Gasteiger partial charge is 0.134 e. The van der Waals surface area contributed by atoms with Crippen LogP contribution in [0.5, 0.6) is 11.5 Å². The molecule has 0 amide bonds. The lowest BCUT2D eigenvalue weighted by molar-refractivity contribution is -0.122. The first-order chi connectivity index (χ1) is 24.7. The lowest BCUT2D eigenvalue weighted by Gasteiger charge is -2.28. The Balaban J connectivity index is 1.63. The largest absolute Gasteiger partial charge is 0.507 e. The lowest BCUT2D eigenvalue weighted by Crippen LogP contribution is -2.51. The van der Waals surface area contributed by atoms with Gasteiger partial charge in [0.25, 0.3) is 0 Å². The SMILES string of the molecule is Cc1cc(CNCC(O)C(O)C(O)C(O)CO)c(O)c(CN2CCNCCN(Cc3cc(C)cc(CNC(O)C(O)C(O)C(O)CO)c3O)CC2)c1. The lowest BCUT2D eigenvalue weighted by atomic mass is 10.0. The Labute approximate surface area is 304 Å². The molecule has 1 fully saturated rings. The predicted molar refractivity (Wildman–Crippen MR) is 190 cm³/mol. The molecule has 17 nitrogen and oxygen atoms in total. The van der Waals surface area contributed by atoms with Crippen molar-refractivity contribution in [1.82, 2.24) is 25.8 Å². The number of phenolic OH excluding ortho intramolecular Hbond substituents is 2. The second-order valence-corrected chi connectivity index (χ2v) is 13.7. The zero-order valence-electron chi connectivity index (χ0n) is 29.9. The predicted octanol–water partition coefficient (Wildman–Crippen LogP) is -4.37. The number of hydrogen-bond donors (Lipinski definition) is 15. The second-order valence-electron chi connectivity index (χ2n) is 13.7. The molecule has 3 rings (SSSR count). The molecule has 296 valence electrons. The van der Waals surface area contributed by atoms with Crippen LogP contribution in [0.4, 0.5) is 0 Å². The van der Waals surface area contributed by atoms with Crippen LogP contribution in [0.25, 0.3) is 0 Å². The second kappa shape index (κ2) is 21.4. The third-order valence-electron chi connectivity index (χ3n) is 9.30. The van der Waals surface area contributed by atoms with E-state index in [-0.39, 0.29) is 31.1 Å². The number of aryl methyl sites for hydroxylation is 2. The first-order valence-electron chi connectivity index (χ1n) is 17.5. The third kappa shape index (κ3) is 12.8. The normalized spacial score (nSPS) is 19.8. The molecule has 8 atom stereocenters. The fourth-order valence-corrected chi connectivity index (χ4v) is 6.18. The van der Waals surface area contributed by atoms with E-state index in [9.17, 15) is 51.1 Å². The van der Waals surface area contributed by atoms with Gasteiger partial charge in [-0.2, -0.15) is 0 Å². The van der Waals surface area contributed by atoms with Crippen LogP contribution < -0.4 is 16.0 Å². The summed E-state index contributed by atoms with van der Waals surface area (Å²) in [4.78, 5) is 4.41. The number of hydrogen-bond acceptors (Lipinski definition) is 17. The van der Waals surface area contributed by atoms with Gasteiger partial charge in [-0.3, -0.25) is 15.1 Å². The van der Waals surface area contributed by atoms with Gasteiger partial charge >= 0.3 is 0 Å². The van der Waals surface area contributed by atoms with Crippen molar-refractivity contribution in [2.75, 3.05) is 59.0 Å². The molecular weight excluding hydrogens is 682 g/mol. The van der Waals surface area contributed by atoms with Crippen LogP contribution in [0.15, 0.2) is 24.3 Å². The van der Waals surface area contributed by atoms with Crippen LogP contribution in [0.2, 0.25) is 0 Å². The number of rotatable bonds is 19. The summed E-state index contributed by atoms with van der Waals surface area (Å²) in [5, 5.41) is 129. The van der Waals surface area contributed by atoms with Gasteiger partial charge in [0.05, 0.1) is 19.3 Å². The van der Waals surface area contributed by atoms with Gasteiger partial charge in [0.15, 0.2) is 0 Å². The van der Waals surface area contributed by atoms with E-state index in [2.05, 4.69) is 25.8 Å². The Morgan fingerprint density at radius 2 is 1.02 bits per heavy atom. The van der Waals surface area contributed by atoms with E-state index >= 15 is 0 Å². The van der Waals surface area contributed by atoms with Gasteiger partial charge in [-0.15, -0.1) is 0 Å². The van der Waals surface area contributed by atoms with E-state index in [0.717, 1.165) is 17.7 Å². The molecule has 0 bridgehead atoms. The summed E-state index contributed by atoms with van der Waals surface area (Å²) in [5.41, 5.74) is 4.20. The molecular formula is C35H59N5O12. The molecule has 0 spiro atoms. The van der Waals surface area contributed by atoms with Crippen molar-refractivity contribution in [3.05, 3.63) is 57.6 Å². The molecule has 0 aliphatic carbocycles. The summed E-state index contributed by atoms with van der Waals surface area (Å²) in [6.45, 7) is 7.20. The van der Waals surface area contributed by atoms with Crippen LogP contribution >= 0.6 is 0 Å². The van der Waals surface area contributed by atoms with Gasteiger partial charge in [-0.1, -0.05) is 35.4 Å². The van der Waals surface area contributed by atoms with Crippen LogP contribution in [-0.4, -0.2) is 179 Å². The maximum absolute atomic E-state index is 11.2. The van der Waals surface area contributed by atoms with Crippen molar-refractivity contribution in [2.45, 2.75) is 89.0 Å². The number of nitrogens with one attached hydrogen (secondary N) is 3. The van der Waals surface area contributed by atoms with Gasteiger partial charge in [-0.05, 0) is 13.8 Å². The van der Waals surface area contributed by atoms with E-state index in [4.69, 9.17) is 10.2 Å². The number of aliphatic hydroxyl groups is 10. The zero-order valence-corrected chi connectivity index (χ0v) is 29.9. The molecule has 0 aromatic heterocycles. The van der Waals surface area contributed by atoms with Crippen molar-refractivity contribution in [2.24, 2.45) is 0 Å². The first kappa shape index (κ1) is 43.8. The minimum absolute atomic E-state index is 0.0206. The average molecular weight is 742 g/mol. The van der Waals surface area contributed by atoms with Crippen LogP contribution in [0.3, 0.4) is 0 Å². The zero-order chi connectivity index (χ0) is 38.5. The van der Waals surface area contributed by atoms with Crippen molar-refractivity contribution in [3.8, 4) is 11.5 Å². The molecule has 0 saturated carbocycles. The van der Waals surface area contributed by atoms with Crippen LogP contribution in [-0.2, 0) is 26.2 Å². The Hall–Kier alpha value is -2.56. The van der Waals surface area contributed by atoms with Crippen molar-refractivity contribution in [1.29, 1.82) is 0 Å². The minimum atomic E-state index is -1.78. The maximum atomic E-state index is 11.2. The highest BCUT2D eigenvalue weighted by Gasteiger charge is 2.31. The Morgan fingerprint density at radius 1 is 0.596 bits per heavy atom. The van der Waals surface area contributed by atoms with Crippen LogP contribution in [0, 0.1) is 13.8 Å². The highest BCUT2D eigenvalue weighted by molar-refractivity contribution is 5.44. The Kier molecular flexibility index (Phi) is 18.0. The number of aliphatic hydroxyl groups excluding tert-OH is 10. The molecule has 15 N–H and O–H groups in total. The highest BCUT2D eigenvalue weighted by atomic mass is 16.4. The van der Waals surface area contributed by atoms with E-state index < -0.39 is 62.2 Å². The molecule has 1 aliphatic rings. The monoisotopic (exact) mass is 741 g/mol. The topological polar surface area (TPSA) is 285 Å². The maximum Gasteiger partial charge on any atom is 0.134 e. The fraction of sp³-hybridized carbons (Fsp3) is 0.657. The summed E-state index contributed by atoms with van der Waals surface area (Å²) in [6, 6.07) is 7.34. The van der Waals surface area contributed by atoms with E-state index in [0.29, 0.717) is 68.1 Å². The first-order valence-corrected chi connectivity index (χ1v) is 17.5. The van der Waals surface area contributed by atoms with E-state index in [1.54, 1.807) is 6.07 Å². The third-order valence-corrected chi connectivity index (χ3v) is 9.30. The summed E-state index contributed by atoms with van der Waals surface area (Å²) < 4.78 is 0. The highest BCUT2D eigenvalue weighted by Crippen LogP contribution is 2.28. The number of phenols is 2. The van der Waals surface area contributed by atoms with Gasteiger partial charge < -0.3 is 71.9 Å². The molecule has 17 heteroatoms. The van der Waals surface area contributed by atoms with Gasteiger partial charge in [0, 0.05) is 94.2 Å². The number of aromatic hydroxyl groups is 2. The summed E-state index contributed by atoms with van der Waals surface area (Å²) in [5.74, 6) is 0.114. The van der Waals surface area contributed by atoms with Crippen molar-refractivity contribution < 1.29 is 61.3 Å². The summed E-state index contributed by atoms with van der Waals surface area (Å²) in [6.07, 6.45) is -13.3. The quantitative estimate of drug-likeness (QED) is 0.0606. The van der Waals surface area contributed by atoms with Gasteiger partial charge in [0.1, 0.15) is 54.4 Å². The Bertz CT molecular complexity index is 1380. The molecule has 1 saturated heterocycles. The standard InChI is InChI=1S/C35H59N5O12/c1-20-9-22(13-37-15-26(43)31(48)32(49)27(44)18-41)29(46)24(11-20)16-39-5-3-36-4-6-40(8-7-39)17-25-12-21(2)10-23(30(25)47)14-38-35(52)34(51)33(50)28(45)19-42/h9-12,26-28,31-38,41-52H,3-8,13-19H2,1-2H3. The number of nitrogens with zero attached hydrogens (tertiary/aromatic N) is 2. The van der Waals surface area contributed by atoms with Crippen molar-refractivity contribution >= 4 is 0 Å². The van der Waals surface area contributed by atoms with E-state index in [1.165, 1.54) is 0 Å². The average Bonchev–Trinajstić information content (AvgIpc) is 3.23. The molecule has 2 aromatic rings. The molecule has 2 aromatic carbocycles. The number of benzene rings is 2. The minimum Gasteiger partial charge on any atom is -0.507 e. The Morgan fingerprint density at radius 3 is 1.50 bits per heavy atom. The van der Waals surface area contributed by atoms with Crippen molar-refractivity contribution in [3.63, 3.8) is 0 Å². The van der Waals surface area contributed by atoms with Crippen LogP contribution in [0.1, 0.15) is 33.4 Å². The molecule has 8 unspecified atom stereocenters. The van der Waals surface area contributed by atoms with Gasteiger partial charge in [-0.25, -0.2) is 0 Å². The molecule has 1 aliphatic heterocycles.